The minimum atomic E-state index is -3.84. The fourth-order valence-corrected chi connectivity index (χ4v) is 3.10. The van der Waals surface area contributed by atoms with E-state index in [9.17, 15) is 13.2 Å². The van der Waals surface area contributed by atoms with Crippen LogP contribution in [-0.2, 0) is 14.8 Å². The molecule has 0 aliphatic heterocycles. The average Bonchev–Trinajstić information content (AvgIpc) is 2.24. The molecule has 0 saturated carbocycles. The fraction of sp³-hybridized carbons (Fsp3) is 0.462. The minimum Gasteiger partial charge on any atom is -0.480 e. The Bertz CT molecular complexity index is 573. The topological polar surface area (TPSA) is 83.5 Å². The van der Waals surface area contributed by atoms with Crippen LogP contribution >= 0.6 is 0 Å². The Labute approximate surface area is 113 Å². The molecule has 5 nitrogen and oxygen atoms in total. The highest BCUT2D eigenvalue weighted by Crippen LogP contribution is 2.22. The van der Waals surface area contributed by atoms with Gasteiger partial charge in [-0.15, -0.1) is 0 Å². The summed E-state index contributed by atoms with van der Waals surface area (Å²) in [6, 6.07) is 5.16. The Morgan fingerprint density at radius 2 is 1.89 bits per heavy atom. The first-order valence-corrected chi connectivity index (χ1v) is 7.34. The lowest BCUT2D eigenvalue weighted by molar-refractivity contribution is -0.141. The second-order valence-electron chi connectivity index (χ2n) is 5.58. The fourth-order valence-electron chi connectivity index (χ4n) is 1.60. The second kappa shape index (κ2) is 5.30. The van der Waals surface area contributed by atoms with E-state index in [1.807, 2.05) is 0 Å². The summed E-state index contributed by atoms with van der Waals surface area (Å²) in [7, 11) is -3.84. The van der Waals surface area contributed by atoms with Gasteiger partial charge in [-0.25, -0.2) is 8.42 Å². The van der Waals surface area contributed by atoms with Crippen molar-refractivity contribution in [2.75, 3.05) is 0 Å². The quantitative estimate of drug-likeness (QED) is 0.883. The molecule has 0 amide bonds. The summed E-state index contributed by atoms with van der Waals surface area (Å²) in [5.74, 6) is -1.19. The average molecular weight is 285 g/mol. The van der Waals surface area contributed by atoms with E-state index in [1.54, 1.807) is 39.8 Å². The molecule has 1 aromatic carbocycles. The van der Waals surface area contributed by atoms with Crippen molar-refractivity contribution in [3.8, 4) is 0 Å². The highest BCUT2D eigenvalue weighted by molar-refractivity contribution is 7.89. The Kier molecular flexibility index (Phi) is 4.37. The van der Waals surface area contributed by atoms with Crippen LogP contribution in [0.3, 0.4) is 0 Å². The van der Waals surface area contributed by atoms with Crippen molar-refractivity contribution in [2.45, 2.75) is 38.6 Å². The van der Waals surface area contributed by atoms with Crippen LogP contribution in [-0.4, -0.2) is 25.5 Å². The molecule has 0 aliphatic carbocycles. The van der Waals surface area contributed by atoms with E-state index in [-0.39, 0.29) is 4.90 Å². The molecule has 1 rings (SSSR count). The van der Waals surface area contributed by atoms with Crippen LogP contribution in [0.4, 0.5) is 0 Å². The van der Waals surface area contributed by atoms with Crippen molar-refractivity contribution in [3.05, 3.63) is 29.8 Å². The smallest absolute Gasteiger partial charge is 0.322 e. The number of aliphatic carboxylic acids is 1. The van der Waals surface area contributed by atoms with Crippen LogP contribution < -0.4 is 4.72 Å². The SMILES string of the molecule is Cc1cccc(S(=O)(=O)N[C@H](C(=O)O)C(C)(C)C)c1. The normalized spacial score (nSPS) is 14.1. The predicted octanol–water partition coefficient (Wildman–Crippen LogP) is 1.77. The number of benzene rings is 1. The summed E-state index contributed by atoms with van der Waals surface area (Å²) in [6.07, 6.45) is 0. The first-order valence-electron chi connectivity index (χ1n) is 5.86. The number of carboxylic acids is 1. The standard InChI is InChI=1S/C13H19NO4S/c1-9-6-5-7-10(8-9)19(17,18)14-11(12(15)16)13(2,3)4/h5-8,11,14H,1-4H3,(H,15,16)/t11-/m1/s1. The zero-order chi connectivity index (χ0) is 14.8. The van der Waals surface area contributed by atoms with Gasteiger partial charge in [-0.3, -0.25) is 4.79 Å². The van der Waals surface area contributed by atoms with E-state index < -0.39 is 27.4 Å². The van der Waals surface area contributed by atoms with Gasteiger partial charge in [0.05, 0.1) is 4.90 Å². The Balaban J connectivity index is 3.12. The molecule has 0 saturated heterocycles. The predicted molar refractivity (Wildman–Crippen MR) is 72.4 cm³/mol. The van der Waals surface area contributed by atoms with Crippen LogP contribution in [0.15, 0.2) is 29.2 Å². The first kappa shape index (κ1) is 15.7. The number of hydrogen-bond donors (Lipinski definition) is 2. The highest BCUT2D eigenvalue weighted by Gasteiger charge is 2.35. The third-order valence-electron chi connectivity index (χ3n) is 2.69. The number of rotatable bonds is 4. The van der Waals surface area contributed by atoms with Crippen LogP contribution in [0.5, 0.6) is 0 Å². The van der Waals surface area contributed by atoms with Crippen LogP contribution in [0.25, 0.3) is 0 Å². The molecule has 0 bridgehead atoms. The zero-order valence-electron chi connectivity index (χ0n) is 11.5. The summed E-state index contributed by atoms with van der Waals surface area (Å²) in [5, 5.41) is 9.15. The van der Waals surface area contributed by atoms with E-state index in [1.165, 1.54) is 12.1 Å². The summed E-state index contributed by atoms with van der Waals surface area (Å²) < 4.78 is 26.6. The lowest BCUT2D eigenvalue weighted by Crippen LogP contribution is -2.48. The van der Waals surface area contributed by atoms with E-state index in [0.717, 1.165) is 5.56 Å². The maximum absolute atomic E-state index is 12.2. The third-order valence-corrected chi connectivity index (χ3v) is 4.11. The zero-order valence-corrected chi connectivity index (χ0v) is 12.3. The highest BCUT2D eigenvalue weighted by atomic mass is 32.2. The van der Waals surface area contributed by atoms with E-state index >= 15 is 0 Å². The number of hydrogen-bond acceptors (Lipinski definition) is 3. The van der Waals surface area contributed by atoms with Crippen molar-refractivity contribution in [3.63, 3.8) is 0 Å². The number of carbonyl (C=O) groups is 1. The van der Waals surface area contributed by atoms with Crippen molar-refractivity contribution in [1.29, 1.82) is 0 Å². The summed E-state index contributed by atoms with van der Waals surface area (Å²) in [4.78, 5) is 11.3. The Hall–Kier alpha value is -1.40. The summed E-state index contributed by atoms with van der Waals surface area (Å²) in [5.41, 5.74) is 0.0773. The maximum Gasteiger partial charge on any atom is 0.322 e. The number of carboxylic acid groups (broad SMARTS) is 1. The number of sulfonamides is 1. The molecular formula is C13H19NO4S. The number of nitrogens with one attached hydrogen (secondary N) is 1. The van der Waals surface area contributed by atoms with Gasteiger partial charge in [0.2, 0.25) is 10.0 Å². The molecule has 0 spiro atoms. The molecule has 1 aromatic rings. The molecule has 0 heterocycles. The molecule has 1 atom stereocenters. The molecule has 0 aromatic heterocycles. The molecule has 0 unspecified atom stereocenters. The Morgan fingerprint density at radius 1 is 1.32 bits per heavy atom. The molecule has 0 aliphatic rings. The van der Waals surface area contributed by atoms with Gasteiger partial charge in [0.1, 0.15) is 6.04 Å². The Morgan fingerprint density at radius 3 is 2.32 bits per heavy atom. The van der Waals surface area contributed by atoms with Crippen molar-refractivity contribution in [2.24, 2.45) is 5.41 Å². The molecule has 0 radical (unpaired) electrons. The van der Waals surface area contributed by atoms with Gasteiger partial charge in [0.25, 0.3) is 0 Å². The second-order valence-corrected chi connectivity index (χ2v) is 7.29. The van der Waals surface area contributed by atoms with E-state index in [4.69, 9.17) is 5.11 Å². The van der Waals surface area contributed by atoms with Crippen LogP contribution in [0.2, 0.25) is 0 Å². The molecule has 19 heavy (non-hydrogen) atoms. The van der Waals surface area contributed by atoms with Crippen molar-refractivity contribution >= 4 is 16.0 Å². The molecule has 0 fully saturated rings. The van der Waals surface area contributed by atoms with Gasteiger partial charge in [-0.05, 0) is 30.0 Å². The lowest BCUT2D eigenvalue weighted by atomic mass is 9.88. The first-order chi connectivity index (χ1) is 8.54. The minimum absolute atomic E-state index is 0.0722. The van der Waals surface area contributed by atoms with Crippen molar-refractivity contribution < 1.29 is 18.3 Å². The van der Waals surface area contributed by atoms with Crippen LogP contribution in [0, 0.1) is 12.3 Å². The monoisotopic (exact) mass is 285 g/mol. The van der Waals surface area contributed by atoms with Gasteiger partial charge in [0.15, 0.2) is 0 Å². The third kappa shape index (κ3) is 4.04. The van der Waals surface area contributed by atoms with Gasteiger partial charge in [-0.1, -0.05) is 32.9 Å². The van der Waals surface area contributed by atoms with Crippen molar-refractivity contribution in [1.82, 2.24) is 4.72 Å². The van der Waals surface area contributed by atoms with Gasteiger partial charge in [0, 0.05) is 0 Å². The number of aryl methyl sites for hydroxylation is 1. The van der Waals surface area contributed by atoms with E-state index in [2.05, 4.69) is 4.72 Å². The molecule has 106 valence electrons. The van der Waals surface area contributed by atoms with Gasteiger partial charge < -0.3 is 5.11 Å². The summed E-state index contributed by atoms with van der Waals surface area (Å²) in [6.45, 7) is 6.79. The molecular weight excluding hydrogens is 266 g/mol. The van der Waals surface area contributed by atoms with Gasteiger partial charge >= 0.3 is 5.97 Å². The van der Waals surface area contributed by atoms with Crippen LogP contribution in [0.1, 0.15) is 26.3 Å². The summed E-state index contributed by atoms with van der Waals surface area (Å²) >= 11 is 0. The van der Waals surface area contributed by atoms with E-state index in [0.29, 0.717) is 0 Å². The largest absolute Gasteiger partial charge is 0.480 e. The lowest BCUT2D eigenvalue weighted by Gasteiger charge is -2.27. The van der Waals surface area contributed by atoms with Gasteiger partial charge in [-0.2, -0.15) is 4.72 Å². The maximum atomic E-state index is 12.2. The molecule has 2 N–H and O–H groups in total. The molecule has 6 heteroatoms.